The maximum Gasteiger partial charge on any atom is 0.130 e. The Morgan fingerprint density at radius 2 is 1.95 bits per heavy atom. The van der Waals surface area contributed by atoms with E-state index in [2.05, 4.69) is 33.2 Å². The van der Waals surface area contributed by atoms with Gasteiger partial charge in [-0.25, -0.2) is 0 Å². The molecule has 21 heavy (non-hydrogen) atoms. The molecule has 0 fully saturated rings. The highest BCUT2D eigenvalue weighted by Crippen LogP contribution is 2.35. The minimum Gasteiger partial charge on any atom is -0.257 e. The maximum absolute atomic E-state index is 6.36. The summed E-state index contributed by atoms with van der Waals surface area (Å²) in [5.74, 6) is 0.829. The highest BCUT2D eigenvalue weighted by atomic mass is 79.9. The molecule has 1 heterocycles. The van der Waals surface area contributed by atoms with Gasteiger partial charge in [0.2, 0.25) is 0 Å². The van der Waals surface area contributed by atoms with Gasteiger partial charge in [-0.3, -0.25) is 4.68 Å². The van der Waals surface area contributed by atoms with Crippen LogP contribution in [0.4, 0.5) is 0 Å². The third-order valence-corrected chi connectivity index (χ3v) is 5.72. The summed E-state index contributed by atoms with van der Waals surface area (Å²) in [6.07, 6.45) is 0.662. The Morgan fingerprint density at radius 1 is 1.29 bits per heavy atom. The lowest BCUT2D eigenvalue weighted by atomic mass is 9.79. The zero-order valence-electron chi connectivity index (χ0n) is 11.8. The zero-order chi connectivity index (χ0) is 15.6. The number of hydrogen-bond acceptors (Lipinski definition) is 1. The molecule has 6 heteroatoms. The van der Waals surface area contributed by atoms with Crippen LogP contribution in [0.2, 0.25) is 5.15 Å². The first-order chi connectivity index (χ1) is 9.93. The Morgan fingerprint density at radius 3 is 2.43 bits per heavy atom. The van der Waals surface area contributed by atoms with E-state index in [9.17, 15) is 0 Å². The van der Waals surface area contributed by atoms with Crippen molar-refractivity contribution in [3.63, 3.8) is 0 Å². The van der Waals surface area contributed by atoms with Gasteiger partial charge in [0.25, 0.3) is 0 Å². The summed E-state index contributed by atoms with van der Waals surface area (Å²) in [4.78, 5) is 0. The van der Waals surface area contributed by atoms with Crippen LogP contribution in [0.15, 0.2) is 28.7 Å². The highest BCUT2D eigenvalue weighted by molar-refractivity contribution is 9.10. The van der Waals surface area contributed by atoms with Crippen molar-refractivity contribution in [2.24, 2.45) is 7.05 Å². The van der Waals surface area contributed by atoms with Crippen LogP contribution in [-0.2, 0) is 18.9 Å². The molecule has 0 aliphatic rings. The molecule has 2 rings (SSSR count). The largest absolute Gasteiger partial charge is 0.257 e. The molecule has 0 unspecified atom stereocenters. The standard InChI is InChI=1S/C15H16BrCl3N2/c1-10-13(14(19)21(2)20-10)7-15(8-17,9-18)11-4-3-5-12(16)6-11/h3-6H,7-9H2,1-2H3. The lowest BCUT2D eigenvalue weighted by Crippen LogP contribution is -2.33. The van der Waals surface area contributed by atoms with Crippen LogP contribution in [0, 0.1) is 6.92 Å². The molecule has 0 bridgehead atoms. The SMILES string of the molecule is Cc1nn(C)c(Cl)c1CC(CCl)(CCl)c1cccc(Br)c1. The fourth-order valence-corrected chi connectivity index (χ4v) is 3.84. The summed E-state index contributed by atoms with van der Waals surface area (Å²) in [5.41, 5.74) is 2.64. The summed E-state index contributed by atoms with van der Waals surface area (Å²) in [6.45, 7) is 1.95. The molecular weight excluding hydrogens is 394 g/mol. The van der Waals surface area contributed by atoms with Gasteiger partial charge in [-0.15, -0.1) is 23.2 Å². The molecule has 1 aromatic carbocycles. The van der Waals surface area contributed by atoms with Crippen molar-refractivity contribution < 1.29 is 0 Å². The fourth-order valence-electron chi connectivity index (χ4n) is 2.42. The van der Waals surface area contributed by atoms with E-state index in [-0.39, 0.29) is 5.41 Å². The average Bonchev–Trinajstić information content (AvgIpc) is 2.70. The molecule has 0 spiro atoms. The predicted molar refractivity (Wildman–Crippen MR) is 93.9 cm³/mol. The Balaban J connectivity index is 2.48. The molecule has 2 aromatic rings. The molecule has 0 amide bonds. The first-order valence-electron chi connectivity index (χ1n) is 6.49. The highest BCUT2D eigenvalue weighted by Gasteiger charge is 2.33. The predicted octanol–water partition coefficient (Wildman–Crippen LogP) is 5.10. The van der Waals surface area contributed by atoms with Crippen LogP contribution in [0.1, 0.15) is 16.8 Å². The van der Waals surface area contributed by atoms with E-state index in [4.69, 9.17) is 34.8 Å². The third-order valence-electron chi connectivity index (χ3n) is 3.73. The minimum atomic E-state index is -0.371. The van der Waals surface area contributed by atoms with Gasteiger partial charge in [-0.2, -0.15) is 5.10 Å². The van der Waals surface area contributed by atoms with E-state index >= 15 is 0 Å². The van der Waals surface area contributed by atoms with Crippen LogP contribution in [0.25, 0.3) is 0 Å². The topological polar surface area (TPSA) is 17.8 Å². The van der Waals surface area contributed by atoms with Crippen molar-refractivity contribution in [1.29, 1.82) is 0 Å². The van der Waals surface area contributed by atoms with Crippen LogP contribution >= 0.6 is 50.7 Å². The number of aromatic nitrogens is 2. The lowest BCUT2D eigenvalue weighted by molar-refractivity contribution is 0.534. The van der Waals surface area contributed by atoms with Crippen LogP contribution < -0.4 is 0 Å². The molecule has 0 saturated carbocycles. The van der Waals surface area contributed by atoms with E-state index in [1.165, 1.54) is 0 Å². The summed E-state index contributed by atoms with van der Waals surface area (Å²) >= 11 is 22.5. The van der Waals surface area contributed by atoms with Gasteiger partial charge in [0.15, 0.2) is 0 Å². The number of hydrogen-bond donors (Lipinski definition) is 0. The molecule has 1 aromatic heterocycles. The number of rotatable bonds is 5. The van der Waals surface area contributed by atoms with Crippen molar-refractivity contribution in [1.82, 2.24) is 9.78 Å². The fraction of sp³-hybridized carbons (Fsp3) is 0.400. The Bertz CT molecular complexity index is 636. The van der Waals surface area contributed by atoms with Crippen molar-refractivity contribution >= 4 is 50.7 Å². The summed E-state index contributed by atoms with van der Waals surface area (Å²) < 4.78 is 2.69. The summed E-state index contributed by atoms with van der Waals surface area (Å²) in [6, 6.07) is 8.09. The molecule has 114 valence electrons. The van der Waals surface area contributed by atoms with Crippen LogP contribution in [0.5, 0.6) is 0 Å². The van der Waals surface area contributed by atoms with Gasteiger partial charge in [0.05, 0.1) is 5.69 Å². The second-order valence-corrected chi connectivity index (χ2v) is 7.02. The Kier molecular flexibility index (Phi) is 5.64. The van der Waals surface area contributed by atoms with Crippen molar-refractivity contribution in [3.05, 3.63) is 50.7 Å². The van der Waals surface area contributed by atoms with Gasteiger partial charge in [-0.05, 0) is 31.0 Å². The number of halogens is 4. The van der Waals surface area contributed by atoms with E-state index in [1.54, 1.807) is 4.68 Å². The summed E-state index contributed by atoms with van der Waals surface area (Å²) in [7, 11) is 1.83. The third kappa shape index (κ3) is 3.42. The minimum absolute atomic E-state index is 0.371. The molecule has 0 aliphatic heterocycles. The monoisotopic (exact) mass is 408 g/mol. The molecular formula is C15H16BrCl3N2. The second kappa shape index (κ2) is 6.91. The number of benzene rings is 1. The van der Waals surface area contributed by atoms with Crippen molar-refractivity contribution in [2.75, 3.05) is 11.8 Å². The quantitative estimate of drug-likeness (QED) is 0.627. The first kappa shape index (κ1) is 17.1. The Hall–Kier alpha value is -0.220. The van der Waals surface area contributed by atoms with E-state index in [0.29, 0.717) is 23.3 Å². The van der Waals surface area contributed by atoms with Gasteiger partial charge in [0, 0.05) is 34.3 Å². The maximum atomic E-state index is 6.36. The van der Waals surface area contributed by atoms with E-state index in [0.717, 1.165) is 21.3 Å². The molecule has 0 N–H and O–H groups in total. The van der Waals surface area contributed by atoms with Gasteiger partial charge in [0.1, 0.15) is 5.15 Å². The van der Waals surface area contributed by atoms with Gasteiger partial charge >= 0.3 is 0 Å². The van der Waals surface area contributed by atoms with Gasteiger partial charge < -0.3 is 0 Å². The normalized spacial score (nSPS) is 11.9. The van der Waals surface area contributed by atoms with Crippen LogP contribution in [-0.4, -0.2) is 21.5 Å². The van der Waals surface area contributed by atoms with E-state index in [1.807, 2.05) is 26.1 Å². The lowest BCUT2D eigenvalue weighted by Gasteiger charge is -2.30. The Labute approximate surface area is 148 Å². The van der Waals surface area contributed by atoms with E-state index < -0.39 is 0 Å². The van der Waals surface area contributed by atoms with Crippen LogP contribution in [0.3, 0.4) is 0 Å². The number of alkyl halides is 2. The smallest absolute Gasteiger partial charge is 0.130 e. The summed E-state index contributed by atoms with van der Waals surface area (Å²) in [5, 5.41) is 5.00. The average molecular weight is 411 g/mol. The van der Waals surface area contributed by atoms with Crippen molar-refractivity contribution in [3.8, 4) is 0 Å². The zero-order valence-corrected chi connectivity index (χ0v) is 15.7. The second-order valence-electron chi connectivity index (χ2n) is 5.21. The molecule has 0 saturated heterocycles. The number of aryl methyl sites for hydroxylation is 2. The molecule has 0 aliphatic carbocycles. The molecule has 0 atom stereocenters. The first-order valence-corrected chi connectivity index (χ1v) is 8.73. The number of nitrogens with zero attached hydrogens (tertiary/aromatic N) is 2. The van der Waals surface area contributed by atoms with Gasteiger partial charge in [-0.1, -0.05) is 39.7 Å². The molecule has 2 nitrogen and oxygen atoms in total. The van der Waals surface area contributed by atoms with Crippen molar-refractivity contribution in [2.45, 2.75) is 18.8 Å². The molecule has 0 radical (unpaired) electrons.